The molecule has 1 amide bonds. The van der Waals surface area contributed by atoms with E-state index in [1.54, 1.807) is 0 Å². The van der Waals surface area contributed by atoms with E-state index in [1.807, 2.05) is 29.2 Å². The average Bonchev–Trinajstić information content (AvgIpc) is 2.79. The van der Waals surface area contributed by atoms with Gasteiger partial charge in [0.05, 0.1) is 19.3 Å². The van der Waals surface area contributed by atoms with Crippen LogP contribution in [0.3, 0.4) is 0 Å². The third-order valence-corrected chi connectivity index (χ3v) is 4.86. The normalized spacial score (nSPS) is 21.7. The molecule has 0 saturated carbocycles. The SMILES string of the molecule is C[C@H]1COc2ccccc2CN1C(=O)CCCCN1CCOCC1. The molecule has 0 aliphatic carbocycles. The fraction of sp³-hybridized carbons (Fsp3) is 0.632. The molecular formula is C19H28N2O3. The van der Waals surface area contributed by atoms with Gasteiger partial charge in [0.25, 0.3) is 0 Å². The second kappa shape index (κ2) is 8.49. The summed E-state index contributed by atoms with van der Waals surface area (Å²) < 4.78 is 11.2. The van der Waals surface area contributed by atoms with Crippen LogP contribution >= 0.6 is 0 Å². The molecule has 2 aliphatic heterocycles. The van der Waals surface area contributed by atoms with Crippen molar-refractivity contribution in [2.24, 2.45) is 0 Å². The maximum atomic E-state index is 12.7. The van der Waals surface area contributed by atoms with Crippen LogP contribution in [0, 0.1) is 0 Å². The number of ether oxygens (including phenoxy) is 2. The molecule has 0 unspecified atom stereocenters. The Bertz CT molecular complexity index is 543. The fourth-order valence-electron chi connectivity index (χ4n) is 3.33. The van der Waals surface area contributed by atoms with Crippen LogP contribution in [0.2, 0.25) is 0 Å². The summed E-state index contributed by atoms with van der Waals surface area (Å²) in [5, 5.41) is 0. The Morgan fingerprint density at radius 3 is 2.83 bits per heavy atom. The summed E-state index contributed by atoms with van der Waals surface area (Å²) in [5.41, 5.74) is 1.10. The Morgan fingerprint density at radius 1 is 1.21 bits per heavy atom. The number of fused-ring (bicyclic) bond motifs is 1. The lowest BCUT2D eigenvalue weighted by Crippen LogP contribution is -2.40. The highest BCUT2D eigenvalue weighted by Crippen LogP contribution is 2.25. The molecule has 0 N–H and O–H groups in total. The number of nitrogens with zero attached hydrogens (tertiary/aromatic N) is 2. The summed E-state index contributed by atoms with van der Waals surface area (Å²) in [7, 11) is 0. The van der Waals surface area contributed by atoms with Gasteiger partial charge in [0.1, 0.15) is 12.4 Å². The molecule has 3 rings (SSSR count). The van der Waals surface area contributed by atoms with Gasteiger partial charge in [-0.05, 0) is 32.4 Å². The maximum Gasteiger partial charge on any atom is 0.223 e. The molecule has 5 heteroatoms. The number of hydrogen-bond acceptors (Lipinski definition) is 4. The van der Waals surface area contributed by atoms with E-state index in [1.165, 1.54) is 0 Å². The van der Waals surface area contributed by atoms with Gasteiger partial charge in [0, 0.05) is 31.6 Å². The van der Waals surface area contributed by atoms with Crippen molar-refractivity contribution in [1.29, 1.82) is 0 Å². The van der Waals surface area contributed by atoms with Crippen LogP contribution < -0.4 is 4.74 Å². The zero-order chi connectivity index (χ0) is 16.8. The van der Waals surface area contributed by atoms with Crippen molar-refractivity contribution < 1.29 is 14.3 Å². The highest BCUT2D eigenvalue weighted by molar-refractivity contribution is 5.76. The van der Waals surface area contributed by atoms with E-state index in [4.69, 9.17) is 9.47 Å². The van der Waals surface area contributed by atoms with Crippen LogP contribution in [0.25, 0.3) is 0 Å². The Morgan fingerprint density at radius 2 is 2.00 bits per heavy atom. The monoisotopic (exact) mass is 332 g/mol. The molecule has 24 heavy (non-hydrogen) atoms. The summed E-state index contributed by atoms with van der Waals surface area (Å²) in [5.74, 6) is 1.15. The molecule has 2 heterocycles. The first-order valence-corrected chi connectivity index (χ1v) is 9.04. The zero-order valence-electron chi connectivity index (χ0n) is 14.6. The molecule has 1 saturated heterocycles. The average molecular weight is 332 g/mol. The summed E-state index contributed by atoms with van der Waals surface area (Å²) in [6.07, 6.45) is 2.64. The predicted molar refractivity (Wildman–Crippen MR) is 93.1 cm³/mol. The molecule has 5 nitrogen and oxygen atoms in total. The molecule has 1 aromatic carbocycles. The van der Waals surface area contributed by atoms with Crippen molar-refractivity contribution in [1.82, 2.24) is 9.80 Å². The summed E-state index contributed by atoms with van der Waals surface area (Å²) in [4.78, 5) is 17.1. The minimum absolute atomic E-state index is 0.115. The minimum Gasteiger partial charge on any atom is -0.491 e. The van der Waals surface area contributed by atoms with E-state index in [0.29, 0.717) is 19.6 Å². The van der Waals surface area contributed by atoms with Crippen LogP contribution in [0.1, 0.15) is 31.7 Å². The first kappa shape index (κ1) is 17.2. The van der Waals surface area contributed by atoms with Crippen LogP contribution in [0.5, 0.6) is 5.75 Å². The number of unbranched alkanes of at least 4 members (excludes halogenated alkanes) is 1. The number of morpholine rings is 1. The Hall–Kier alpha value is -1.59. The second-order valence-corrected chi connectivity index (χ2v) is 6.70. The van der Waals surface area contributed by atoms with Gasteiger partial charge in [-0.25, -0.2) is 0 Å². The molecule has 0 aromatic heterocycles. The third kappa shape index (κ3) is 4.48. The smallest absolute Gasteiger partial charge is 0.223 e. The van der Waals surface area contributed by atoms with Gasteiger partial charge in [-0.15, -0.1) is 0 Å². The Labute approximate surface area is 144 Å². The van der Waals surface area contributed by atoms with Crippen molar-refractivity contribution in [3.8, 4) is 5.75 Å². The zero-order valence-corrected chi connectivity index (χ0v) is 14.6. The maximum absolute atomic E-state index is 12.7. The summed E-state index contributed by atoms with van der Waals surface area (Å²) in [6, 6.07) is 8.13. The standard InChI is InChI=1S/C19H28N2O3/c1-16-15-24-18-7-3-2-6-17(18)14-21(16)19(22)8-4-5-9-20-10-12-23-13-11-20/h2-3,6-7,16H,4-5,8-15H2,1H3/t16-/m0/s1. The number of rotatable bonds is 5. The molecule has 1 fully saturated rings. The molecule has 0 bridgehead atoms. The van der Waals surface area contributed by atoms with Gasteiger partial charge in [-0.1, -0.05) is 18.2 Å². The van der Waals surface area contributed by atoms with Crippen LogP contribution in [-0.4, -0.2) is 61.2 Å². The molecule has 1 atom stereocenters. The van der Waals surface area contributed by atoms with Gasteiger partial charge in [0.15, 0.2) is 0 Å². The van der Waals surface area contributed by atoms with Crippen LogP contribution in [-0.2, 0) is 16.1 Å². The molecule has 1 aromatic rings. The van der Waals surface area contributed by atoms with Crippen molar-refractivity contribution >= 4 is 5.91 Å². The second-order valence-electron chi connectivity index (χ2n) is 6.70. The molecule has 132 valence electrons. The third-order valence-electron chi connectivity index (χ3n) is 4.86. The number of hydrogen-bond donors (Lipinski definition) is 0. The van der Waals surface area contributed by atoms with Crippen molar-refractivity contribution in [3.63, 3.8) is 0 Å². The van der Waals surface area contributed by atoms with E-state index in [-0.39, 0.29) is 11.9 Å². The van der Waals surface area contributed by atoms with Crippen molar-refractivity contribution in [3.05, 3.63) is 29.8 Å². The van der Waals surface area contributed by atoms with Gasteiger partial charge in [-0.3, -0.25) is 9.69 Å². The Kier molecular flexibility index (Phi) is 6.10. The molecule has 0 radical (unpaired) electrons. The molecule has 2 aliphatic rings. The topological polar surface area (TPSA) is 42.0 Å². The fourth-order valence-corrected chi connectivity index (χ4v) is 3.33. The van der Waals surface area contributed by atoms with Crippen LogP contribution in [0.4, 0.5) is 0 Å². The first-order valence-electron chi connectivity index (χ1n) is 9.04. The lowest BCUT2D eigenvalue weighted by atomic mass is 10.1. The van der Waals surface area contributed by atoms with Gasteiger partial charge < -0.3 is 14.4 Å². The summed E-state index contributed by atoms with van der Waals surface area (Å²) in [6.45, 7) is 8.07. The van der Waals surface area contributed by atoms with E-state index >= 15 is 0 Å². The van der Waals surface area contributed by atoms with E-state index in [9.17, 15) is 4.79 Å². The van der Waals surface area contributed by atoms with Crippen LogP contribution in [0.15, 0.2) is 24.3 Å². The highest BCUT2D eigenvalue weighted by atomic mass is 16.5. The largest absolute Gasteiger partial charge is 0.491 e. The number of amides is 1. The van der Waals surface area contributed by atoms with Gasteiger partial charge in [-0.2, -0.15) is 0 Å². The number of carbonyl (C=O) groups is 1. The predicted octanol–water partition coefficient (Wildman–Crippen LogP) is 2.30. The van der Waals surface area contributed by atoms with Crippen molar-refractivity contribution in [2.75, 3.05) is 39.5 Å². The van der Waals surface area contributed by atoms with E-state index < -0.39 is 0 Å². The molecule has 0 spiro atoms. The van der Waals surface area contributed by atoms with Crippen molar-refractivity contribution in [2.45, 2.75) is 38.8 Å². The number of carbonyl (C=O) groups excluding carboxylic acids is 1. The molecular weight excluding hydrogens is 304 g/mol. The van der Waals surface area contributed by atoms with Gasteiger partial charge in [0.2, 0.25) is 5.91 Å². The quantitative estimate of drug-likeness (QED) is 0.776. The summed E-state index contributed by atoms with van der Waals surface area (Å²) >= 11 is 0. The number of para-hydroxylation sites is 1. The minimum atomic E-state index is 0.115. The van der Waals surface area contributed by atoms with E-state index in [2.05, 4.69) is 11.8 Å². The van der Waals surface area contributed by atoms with E-state index in [0.717, 1.165) is 57.0 Å². The highest BCUT2D eigenvalue weighted by Gasteiger charge is 2.25. The van der Waals surface area contributed by atoms with Gasteiger partial charge >= 0.3 is 0 Å². The first-order chi connectivity index (χ1) is 11.7. The Balaban J connectivity index is 1.46. The lowest BCUT2D eigenvalue weighted by Gasteiger charge is -2.27. The lowest BCUT2D eigenvalue weighted by molar-refractivity contribution is -0.134. The number of benzene rings is 1.